The number of halogens is 2. The third kappa shape index (κ3) is 4.53. The van der Waals surface area contributed by atoms with Crippen molar-refractivity contribution in [2.75, 3.05) is 19.0 Å². The Morgan fingerprint density at radius 2 is 2.11 bits per heavy atom. The van der Waals surface area contributed by atoms with Crippen molar-refractivity contribution in [3.05, 3.63) is 64.0 Å². The lowest BCUT2D eigenvalue weighted by molar-refractivity contribution is 0.102. The quantitative estimate of drug-likeness (QED) is 0.450. The van der Waals surface area contributed by atoms with Crippen LogP contribution in [0.2, 0.25) is 0 Å². The molecule has 1 aliphatic carbocycles. The van der Waals surface area contributed by atoms with E-state index >= 15 is 4.39 Å². The average Bonchev–Trinajstić information content (AvgIpc) is 3.32. The van der Waals surface area contributed by atoms with Crippen molar-refractivity contribution in [1.29, 1.82) is 0 Å². The van der Waals surface area contributed by atoms with E-state index in [4.69, 9.17) is 15.2 Å². The maximum Gasteiger partial charge on any atom is 0.275 e. The number of nitrogens with one attached hydrogen (secondary N) is 1. The molecule has 2 aliphatic rings. The van der Waals surface area contributed by atoms with Crippen molar-refractivity contribution in [2.24, 2.45) is 16.6 Å². The molecule has 3 aromatic rings. The van der Waals surface area contributed by atoms with Crippen LogP contribution in [0, 0.1) is 17.6 Å². The third-order valence-electron chi connectivity index (χ3n) is 6.26. The molecule has 0 saturated heterocycles. The van der Waals surface area contributed by atoms with Gasteiger partial charge in [0.15, 0.2) is 16.8 Å². The number of thioether (sulfide) groups is 1. The number of benzene rings is 1. The van der Waals surface area contributed by atoms with E-state index in [-0.39, 0.29) is 45.3 Å². The summed E-state index contributed by atoms with van der Waals surface area (Å²) in [6.45, 7) is 2.37. The largest absolute Gasteiger partial charge is 0.469 e. The van der Waals surface area contributed by atoms with E-state index in [9.17, 15) is 9.18 Å². The first kappa shape index (κ1) is 24.5. The van der Waals surface area contributed by atoms with E-state index in [0.29, 0.717) is 13.0 Å². The van der Waals surface area contributed by atoms with Gasteiger partial charge in [-0.1, -0.05) is 11.8 Å². The summed E-state index contributed by atoms with van der Waals surface area (Å²) in [6, 6.07) is 2.30. The molecule has 36 heavy (non-hydrogen) atoms. The molecule has 0 bridgehead atoms. The molecule has 0 spiro atoms. The Bertz CT molecular complexity index is 1320. The number of aliphatic imine (C=N–C) groups is 1. The lowest BCUT2D eigenvalue weighted by Crippen LogP contribution is -2.38. The van der Waals surface area contributed by atoms with Crippen LogP contribution in [0.25, 0.3) is 0 Å². The Kier molecular flexibility index (Phi) is 6.39. The van der Waals surface area contributed by atoms with Gasteiger partial charge in [-0.15, -0.1) is 11.3 Å². The smallest absolute Gasteiger partial charge is 0.275 e. The maximum atomic E-state index is 15.0. The van der Waals surface area contributed by atoms with Crippen molar-refractivity contribution in [2.45, 2.75) is 30.2 Å². The molecular formula is C23H22F2N6O3S2. The summed E-state index contributed by atoms with van der Waals surface area (Å²) in [4.78, 5) is 29.5. The summed E-state index contributed by atoms with van der Waals surface area (Å²) in [5, 5.41) is 5.45. The zero-order chi connectivity index (χ0) is 25.5. The lowest BCUT2D eigenvalue weighted by Gasteiger charge is -2.34. The minimum Gasteiger partial charge on any atom is -0.469 e. The fraction of sp³-hybridized carbons (Fsp3) is 0.348. The van der Waals surface area contributed by atoms with Crippen molar-refractivity contribution >= 4 is 39.9 Å². The first-order valence-corrected chi connectivity index (χ1v) is 12.6. The first-order valence-electron chi connectivity index (χ1n) is 10.9. The van der Waals surface area contributed by atoms with Gasteiger partial charge in [0.2, 0.25) is 5.88 Å². The van der Waals surface area contributed by atoms with Gasteiger partial charge < -0.3 is 20.5 Å². The normalized spacial score (nSPS) is 24.6. The van der Waals surface area contributed by atoms with Crippen LogP contribution in [0.3, 0.4) is 0 Å². The van der Waals surface area contributed by atoms with Gasteiger partial charge in [0.1, 0.15) is 17.3 Å². The third-order valence-corrected chi connectivity index (χ3v) is 8.29. The number of ether oxygens (including phenoxy) is 2. The Morgan fingerprint density at radius 1 is 1.28 bits per heavy atom. The standard InChI is InChI=1S/C23H22F2N6O3S2/c1-22(16-7-23(16,11-33-2)36-21(26)31-22)13-5-12(6-14(24)19(13)25)30-20(32)15-8-29-17(9-28-15)34-10-18-27-3-4-35-18/h3-6,8-9,16H,7,10-11H2,1-2H3,(H2,26,31)(H,30,32)/t16-,22+,23+/m0/s1. The number of thiazole rings is 1. The van der Waals surface area contributed by atoms with E-state index in [0.717, 1.165) is 11.1 Å². The van der Waals surface area contributed by atoms with Crippen LogP contribution in [-0.2, 0) is 16.9 Å². The molecule has 3 atom stereocenters. The van der Waals surface area contributed by atoms with Crippen LogP contribution in [0.1, 0.15) is 34.4 Å². The Morgan fingerprint density at radius 3 is 2.81 bits per heavy atom. The molecule has 13 heteroatoms. The Labute approximate surface area is 213 Å². The van der Waals surface area contributed by atoms with Gasteiger partial charge in [0.25, 0.3) is 5.91 Å². The molecule has 188 valence electrons. The SMILES string of the molecule is COC[C@]12C[C@H]1[C@@](C)(c1cc(NC(=O)c3cnc(OCc4nccs4)cn3)cc(F)c1F)N=C(N)S2. The zero-order valence-corrected chi connectivity index (χ0v) is 21.0. The van der Waals surface area contributed by atoms with Crippen LogP contribution < -0.4 is 15.8 Å². The predicted octanol–water partition coefficient (Wildman–Crippen LogP) is 3.72. The highest BCUT2D eigenvalue weighted by atomic mass is 32.2. The molecule has 2 aromatic heterocycles. The highest BCUT2D eigenvalue weighted by Gasteiger charge is 2.66. The molecule has 3 N–H and O–H groups in total. The number of carbonyl (C=O) groups is 1. The summed E-state index contributed by atoms with van der Waals surface area (Å²) in [7, 11) is 1.59. The van der Waals surface area contributed by atoms with E-state index in [1.807, 2.05) is 5.38 Å². The fourth-order valence-electron chi connectivity index (χ4n) is 4.52. The highest BCUT2D eigenvalue weighted by molar-refractivity contribution is 8.15. The van der Waals surface area contributed by atoms with Crippen molar-refractivity contribution in [3.63, 3.8) is 0 Å². The number of rotatable bonds is 8. The molecule has 0 radical (unpaired) electrons. The number of methoxy groups -OCH3 is 1. The van der Waals surface area contributed by atoms with Crippen LogP contribution in [0.4, 0.5) is 14.5 Å². The second kappa shape index (κ2) is 9.37. The van der Waals surface area contributed by atoms with Gasteiger partial charge in [-0.3, -0.25) is 9.79 Å². The number of hydrogen-bond acceptors (Lipinski definition) is 10. The molecular weight excluding hydrogens is 510 g/mol. The number of nitrogens with zero attached hydrogens (tertiary/aromatic N) is 4. The van der Waals surface area contributed by atoms with Crippen LogP contribution in [-0.4, -0.2) is 44.5 Å². The topological polar surface area (TPSA) is 125 Å². The minimum atomic E-state index is -1.12. The Hall–Kier alpha value is -3.16. The summed E-state index contributed by atoms with van der Waals surface area (Å²) in [5.74, 6) is -2.66. The molecule has 1 aliphatic heterocycles. The minimum absolute atomic E-state index is 0.0149. The zero-order valence-electron chi connectivity index (χ0n) is 19.3. The van der Waals surface area contributed by atoms with Crippen molar-refractivity contribution in [1.82, 2.24) is 15.0 Å². The van der Waals surface area contributed by atoms with Gasteiger partial charge in [0.05, 0.1) is 29.3 Å². The summed E-state index contributed by atoms with van der Waals surface area (Å²) in [6.07, 6.45) is 4.90. The number of aromatic nitrogens is 3. The van der Waals surface area contributed by atoms with Gasteiger partial charge in [-0.05, 0) is 19.4 Å². The summed E-state index contributed by atoms with van der Waals surface area (Å²) >= 11 is 2.84. The molecule has 1 amide bonds. The Balaban J connectivity index is 1.35. The van der Waals surface area contributed by atoms with Gasteiger partial charge in [0, 0.05) is 41.9 Å². The van der Waals surface area contributed by atoms with Crippen molar-refractivity contribution in [3.8, 4) is 5.88 Å². The second-order valence-corrected chi connectivity index (χ2v) is 11.1. The van der Waals surface area contributed by atoms with E-state index in [1.54, 1.807) is 20.2 Å². The number of nitrogens with two attached hydrogens (primary N) is 1. The molecule has 1 saturated carbocycles. The molecule has 0 unspecified atom stereocenters. The first-order chi connectivity index (χ1) is 17.2. The molecule has 9 nitrogen and oxygen atoms in total. The monoisotopic (exact) mass is 532 g/mol. The van der Waals surface area contributed by atoms with Crippen LogP contribution in [0.5, 0.6) is 5.88 Å². The number of amidine groups is 1. The van der Waals surface area contributed by atoms with Gasteiger partial charge >= 0.3 is 0 Å². The molecule has 5 rings (SSSR count). The summed E-state index contributed by atoms with van der Waals surface area (Å²) < 4.78 is 40.2. The predicted molar refractivity (Wildman–Crippen MR) is 132 cm³/mol. The number of amides is 1. The van der Waals surface area contributed by atoms with E-state index in [2.05, 4.69) is 25.3 Å². The lowest BCUT2D eigenvalue weighted by atomic mass is 9.85. The second-order valence-electron chi connectivity index (χ2n) is 8.68. The molecule has 1 aromatic carbocycles. The summed E-state index contributed by atoms with van der Waals surface area (Å²) in [5.41, 5.74) is 5.01. The van der Waals surface area contributed by atoms with Gasteiger partial charge in [-0.25, -0.2) is 23.7 Å². The molecule has 1 fully saturated rings. The number of anilines is 1. The number of carbonyl (C=O) groups excluding carboxylic acids is 1. The number of hydrogen-bond donors (Lipinski definition) is 2. The highest BCUT2D eigenvalue weighted by Crippen LogP contribution is 2.66. The van der Waals surface area contributed by atoms with E-state index in [1.165, 1.54) is 41.6 Å². The average molecular weight is 533 g/mol. The van der Waals surface area contributed by atoms with Crippen molar-refractivity contribution < 1.29 is 23.0 Å². The maximum absolute atomic E-state index is 15.0. The van der Waals surface area contributed by atoms with Crippen LogP contribution in [0.15, 0.2) is 41.1 Å². The fourth-order valence-corrected chi connectivity index (χ4v) is 6.50. The number of fused-ring (bicyclic) bond motifs is 1. The van der Waals surface area contributed by atoms with E-state index < -0.39 is 23.1 Å². The molecule has 3 heterocycles. The van der Waals surface area contributed by atoms with Gasteiger partial charge in [-0.2, -0.15) is 0 Å². The van der Waals surface area contributed by atoms with Crippen LogP contribution >= 0.6 is 23.1 Å².